The van der Waals surface area contributed by atoms with E-state index in [4.69, 9.17) is 22.1 Å². The lowest BCUT2D eigenvalue weighted by Gasteiger charge is -2.13. The molecule has 0 aliphatic carbocycles. The second-order valence-corrected chi connectivity index (χ2v) is 5.12. The van der Waals surface area contributed by atoms with E-state index in [1.54, 1.807) is 19.2 Å². The first-order valence-corrected chi connectivity index (χ1v) is 7.02. The third kappa shape index (κ3) is 2.38. The summed E-state index contributed by atoms with van der Waals surface area (Å²) in [5.74, 6) is 0.0605. The Hall–Kier alpha value is -2.59. The molecule has 0 bridgehead atoms. The minimum atomic E-state index is -0.610. The smallest absolute Gasteiger partial charge is 0.252 e. The molecular formula is C17H13ClN2O2. The van der Waals surface area contributed by atoms with Gasteiger partial charge in [0.15, 0.2) is 0 Å². The van der Waals surface area contributed by atoms with E-state index in [1.165, 1.54) is 0 Å². The minimum Gasteiger partial charge on any atom is -0.497 e. The molecular weight excluding hydrogens is 300 g/mol. The fourth-order valence-electron chi connectivity index (χ4n) is 2.47. The molecule has 1 aromatic heterocycles. The molecule has 2 aromatic carbocycles. The lowest BCUT2D eigenvalue weighted by molar-refractivity contribution is 0.100. The first kappa shape index (κ1) is 14.4. The number of primary amides is 1. The molecule has 4 nitrogen and oxygen atoms in total. The Labute approximate surface area is 132 Å². The highest BCUT2D eigenvalue weighted by atomic mass is 35.5. The van der Waals surface area contributed by atoms with Gasteiger partial charge in [-0.1, -0.05) is 41.9 Å². The van der Waals surface area contributed by atoms with Crippen LogP contribution in [-0.4, -0.2) is 18.0 Å². The Morgan fingerprint density at radius 1 is 1.18 bits per heavy atom. The van der Waals surface area contributed by atoms with Crippen LogP contribution in [0.25, 0.3) is 22.0 Å². The molecule has 0 unspecified atom stereocenters. The largest absolute Gasteiger partial charge is 0.497 e. The molecule has 0 aliphatic rings. The van der Waals surface area contributed by atoms with Crippen molar-refractivity contribution < 1.29 is 9.53 Å². The summed E-state index contributed by atoms with van der Waals surface area (Å²) in [6.45, 7) is 0. The summed E-state index contributed by atoms with van der Waals surface area (Å²) in [6.07, 6.45) is 0. The van der Waals surface area contributed by atoms with E-state index in [9.17, 15) is 4.79 Å². The van der Waals surface area contributed by atoms with Crippen LogP contribution in [0, 0.1) is 0 Å². The number of aromatic nitrogens is 1. The van der Waals surface area contributed by atoms with E-state index in [0.29, 0.717) is 16.8 Å². The highest BCUT2D eigenvalue weighted by molar-refractivity contribution is 6.34. The van der Waals surface area contributed by atoms with Gasteiger partial charge in [-0.2, -0.15) is 0 Å². The van der Waals surface area contributed by atoms with Crippen molar-refractivity contribution in [3.8, 4) is 16.9 Å². The van der Waals surface area contributed by atoms with Crippen molar-refractivity contribution in [2.45, 2.75) is 0 Å². The summed E-state index contributed by atoms with van der Waals surface area (Å²) in [6, 6.07) is 14.9. The summed E-state index contributed by atoms with van der Waals surface area (Å²) in [7, 11) is 1.59. The van der Waals surface area contributed by atoms with Gasteiger partial charge in [0.1, 0.15) is 10.9 Å². The topological polar surface area (TPSA) is 65.2 Å². The highest BCUT2D eigenvalue weighted by Gasteiger charge is 2.19. The van der Waals surface area contributed by atoms with Crippen molar-refractivity contribution in [3.63, 3.8) is 0 Å². The zero-order valence-electron chi connectivity index (χ0n) is 11.8. The molecule has 0 atom stereocenters. The van der Waals surface area contributed by atoms with Crippen molar-refractivity contribution in [3.05, 3.63) is 59.2 Å². The Morgan fingerprint density at radius 3 is 2.55 bits per heavy atom. The van der Waals surface area contributed by atoms with Gasteiger partial charge >= 0.3 is 0 Å². The number of rotatable bonds is 3. The average Bonchev–Trinajstić information content (AvgIpc) is 2.53. The normalized spacial score (nSPS) is 10.6. The van der Waals surface area contributed by atoms with Gasteiger partial charge in [0, 0.05) is 10.9 Å². The molecule has 1 heterocycles. The van der Waals surface area contributed by atoms with E-state index >= 15 is 0 Å². The van der Waals surface area contributed by atoms with Crippen LogP contribution in [0.3, 0.4) is 0 Å². The number of fused-ring (bicyclic) bond motifs is 1. The van der Waals surface area contributed by atoms with Crippen LogP contribution in [-0.2, 0) is 0 Å². The van der Waals surface area contributed by atoms with E-state index in [2.05, 4.69) is 4.98 Å². The van der Waals surface area contributed by atoms with Crippen LogP contribution in [0.2, 0.25) is 5.15 Å². The number of hydrogen-bond donors (Lipinski definition) is 1. The summed E-state index contributed by atoms with van der Waals surface area (Å²) >= 11 is 6.18. The fourth-order valence-corrected chi connectivity index (χ4v) is 2.75. The summed E-state index contributed by atoms with van der Waals surface area (Å²) < 4.78 is 5.27. The van der Waals surface area contributed by atoms with Crippen molar-refractivity contribution in [2.24, 2.45) is 5.73 Å². The maximum atomic E-state index is 11.9. The van der Waals surface area contributed by atoms with Crippen molar-refractivity contribution in [2.75, 3.05) is 7.11 Å². The van der Waals surface area contributed by atoms with Gasteiger partial charge in [-0.05, 0) is 23.8 Å². The summed E-state index contributed by atoms with van der Waals surface area (Å²) in [5, 5.41) is 0.868. The molecule has 0 aliphatic heterocycles. The number of methoxy groups -OCH3 is 1. The number of pyridine rings is 1. The zero-order valence-corrected chi connectivity index (χ0v) is 12.6. The molecule has 3 rings (SSSR count). The molecule has 1 amide bonds. The van der Waals surface area contributed by atoms with Gasteiger partial charge in [-0.15, -0.1) is 0 Å². The lowest BCUT2D eigenvalue weighted by Crippen LogP contribution is -2.14. The second kappa shape index (κ2) is 5.66. The van der Waals surface area contributed by atoms with Crippen LogP contribution in [0.5, 0.6) is 5.75 Å². The molecule has 0 saturated carbocycles. The van der Waals surface area contributed by atoms with Gasteiger partial charge < -0.3 is 10.5 Å². The number of carbonyl (C=O) groups excluding carboxylic acids is 1. The molecule has 22 heavy (non-hydrogen) atoms. The molecule has 2 N–H and O–H groups in total. The van der Waals surface area contributed by atoms with E-state index < -0.39 is 5.91 Å². The Bertz CT molecular complexity index is 863. The number of ether oxygens (including phenoxy) is 1. The number of halogens is 1. The van der Waals surface area contributed by atoms with Gasteiger partial charge in [0.05, 0.1) is 18.2 Å². The Kier molecular flexibility index (Phi) is 3.69. The SMILES string of the molecule is COc1ccc2nc(Cl)c(C(N)=O)c(-c3ccccc3)c2c1. The Morgan fingerprint density at radius 2 is 1.91 bits per heavy atom. The summed E-state index contributed by atoms with van der Waals surface area (Å²) in [4.78, 5) is 16.1. The monoisotopic (exact) mass is 312 g/mol. The number of nitrogens with two attached hydrogens (primary N) is 1. The number of nitrogens with zero attached hydrogens (tertiary/aromatic N) is 1. The van der Waals surface area contributed by atoms with Crippen LogP contribution >= 0.6 is 11.6 Å². The van der Waals surface area contributed by atoms with Crippen molar-refractivity contribution in [1.29, 1.82) is 0 Å². The van der Waals surface area contributed by atoms with Crippen molar-refractivity contribution in [1.82, 2.24) is 4.98 Å². The van der Waals surface area contributed by atoms with Crippen LogP contribution in [0.4, 0.5) is 0 Å². The van der Waals surface area contributed by atoms with Gasteiger partial charge in [-0.3, -0.25) is 4.79 Å². The third-order valence-electron chi connectivity index (χ3n) is 3.46. The average molecular weight is 313 g/mol. The molecule has 5 heteroatoms. The molecule has 3 aromatic rings. The predicted molar refractivity (Wildman–Crippen MR) is 87.3 cm³/mol. The van der Waals surface area contributed by atoms with Crippen molar-refractivity contribution >= 4 is 28.4 Å². The first-order chi connectivity index (χ1) is 10.6. The van der Waals surface area contributed by atoms with Crippen LogP contribution in [0.1, 0.15) is 10.4 Å². The third-order valence-corrected chi connectivity index (χ3v) is 3.73. The van der Waals surface area contributed by atoms with Crippen LogP contribution in [0.15, 0.2) is 48.5 Å². The Balaban J connectivity index is 2.47. The standard InChI is InChI=1S/C17H13ClN2O2/c1-22-11-7-8-13-12(9-11)14(10-5-3-2-4-6-10)15(17(19)21)16(18)20-13/h2-9H,1H3,(H2,19,21). The molecule has 0 fully saturated rings. The predicted octanol–water partition coefficient (Wildman–Crippen LogP) is 3.66. The van der Waals surface area contributed by atoms with E-state index in [1.807, 2.05) is 36.4 Å². The van der Waals surface area contributed by atoms with E-state index in [0.717, 1.165) is 10.9 Å². The fraction of sp³-hybridized carbons (Fsp3) is 0.0588. The van der Waals surface area contributed by atoms with Gasteiger partial charge in [0.2, 0.25) is 0 Å². The molecule has 0 saturated heterocycles. The zero-order chi connectivity index (χ0) is 15.7. The molecule has 110 valence electrons. The quantitative estimate of drug-likeness (QED) is 0.750. The maximum Gasteiger partial charge on any atom is 0.252 e. The molecule has 0 spiro atoms. The van der Waals surface area contributed by atoms with Gasteiger partial charge in [0.25, 0.3) is 5.91 Å². The lowest BCUT2D eigenvalue weighted by atomic mass is 9.96. The minimum absolute atomic E-state index is 0.101. The highest BCUT2D eigenvalue weighted by Crippen LogP contribution is 2.36. The number of hydrogen-bond acceptors (Lipinski definition) is 3. The second-order valence-electron chi connectivity index (χ2n) is 4.77. The first-order valence-electron chi connectivity index (χ1n) is 6.64. The number of amides is 1. The summed E-state index contributed by atoms with van der Waals surface area (Å²) in [5.41, 5.74) is 7.93. The van der Waals surface area contributed by atoms with E-state index in [-0.39, 0.29) is 10.7 Å². The van der Waals surface area contributed by atoms with Gasteiger partial charge in [-0.25, -0.2) is 4.98 Å². The number of carbonyl (C=O) groups is 1. The molecule has 0 radical (unpaired) electrons. The van der Waals surface area contributed by atoms with Crippen LogP contribution < -0.4 is 10.5 Å². The number of benzene rings is 2. The maximum absolute atomic E-state index is 11.9.